The molecule has 94 valence electrons. The molecule has 2 heterocycles. The van der Waals surface area contributed by atoms with Crippen molar-refractivity contribution in [3.63, 3.8) is 0 Å². The highest BCUT2D eigenvalue weighted by atomic mass is 19.4. The molecule has 0 aromatic carbocycles. The number of pyridine rings is 1. The molecule has 0 amide bonds. The minimum atomic E-state index is -4.34. The zero-order chi connectivity index (χ0) is 12.5. The second-order valence-electron chi connectivity index (χ2n) is 4.07. The third-order valence-electron chi connectivity index (χ3n) is 2.67. The molecule has 1 aromatic heterocycles. The van der Waals surface area contributed by atoms with Gasteiger partial charge in [-0.3, -0.25) is 4.98 Å². The van der Waals surface area contributed by atoms with Crippen LogP contribution in [-0.2, 0) is 10.9 Å². The molecule has 0 bridgehead atoms. The number of nitrogens with one attached hydrogen (secondary N) is 1. The van der Waals surface area contributed by atoms with Gasteiger partial charge in [0.05, 0.1) is 30.0 Å². The third-order valence-corrected chi connectivity index (χ3v) is 2.67. The second-order valence-corrected chi connectivity index (χ2v) is 4.07. The summed E-state index contributed by atoms with van der Waals surface area (Å²) in [6, 6.07) is 2.30. The topological polar surface area (TPSA) is 34.2 Å². The van der Waals surface area contributed by atoms with Gasteiger partial charge >= 0.3 is 6.18 Å². The van der Waals surface area contributed by atoms with E-state index < -0.39 is 11.7 Å². The summed E-state index contributed by atoms with van der Waals surface area (Å²) in [5, 5.41) is 3.17. The molecule has 1 saturated heterocycles. The molecule has 6 heteroatoms. The van der Waals surface area contributed by atoms with E-state index in [9.17, 15) is 13.2 Å². The van der Waals surface area contributed by atoms with Gasteiger partial charge in [-0.15, -0.1) is 0 Å². The van der Waals surface area contributed by atoms with Gasteiger partial charge in [-0.1, -0.05) is 0 Å². The van der Waals surface area contributed by atoms with E-state index in [2.05, 4.69) is 10.3 Å². The lowest BCUT2D eigenvalue weighted by Crippen LogP contribution is -2.40. The maximum absolute atomic E-state index is 12.3. The van der Waals surface area contributed by atoms with Crippen LogP contribution in [0.2, 0.25) is 0 Å². The summed E-state index contributed by atoms with van der Waals surface area (Å²) in [5.74, 6) is 0. The Labute approximate surface area is 97.0 Å². The molecule has 1 aliphatic rings. The highest BCUT2D eigenvalue weighted by Gasteiger charge is 2.31. The summed E-state index contributed by atoms with van der Waals surface area (Å²) in [7, 11) is 0. The van der Waals surface area contributed by atoms with Gasteiger partial charge in [0, 0.05) is 12.7 Å². The number of ether oxygens (including phenoxy) is 1. The average molecular weight is 246 g/mol. The van der Waals surface area contributed by atoms with Crippen molar-refractivity contribution in [1.29, 1.82) is 0 Å². The van der Waals surface area contributed by atoms with Crippen LogP contribution in [0.25, 0.3) is 0 Å². The zero-order valence-corrected chi connectivity index (χ0v) is 9.29. The number of alkyl halides is 3. The minimum absolute atomic E-state index is 0.126. The Bertz CT molecular complexity index is 369. The van der Waals surface area contributed by atoms with Gasteiger partial charge in [0.2, 0.25) is 0 Å². The normalized spacial score (nSPS) is 25.9. The fourth-order valence-electron chi connectivity index (χ4n) is 1.66. The molecule has 0 radical (unpaired) electrons. The Morgan fingerprint density at radius 3 is 2.65 bits per heavy atom. The van der Waals surface area contributed by atoms with E-state index in [4.69, 9.17) is 4.74 Å². The van der Waals surface area contributed by atoms with Crippen molar-refractivity contribution < 1.29 is 17.9 Å². The predicted octanol–water partition coefficient (Wildman–Crippen LogP) is 2.15. The van der Waals surface area contributed by atoms with Crippen LogP contribution in [0.3, 0.4) is 0 Å². The molecule has 0 spiro atoms. The van der Waals surface area contributed by atoms with Crippen LogP contribution in [0.1, 0.15) is 24.2 Å². The number of rotatable bonds is 1. The van der Waals surface area contributed by atoms with E-state index in [1.807, 2.05) is 6.92 Å². The van der Waals surface area contributed by atoms with E-state index in [0.717, 1.165) is 12.3 Å². The number of morpholine rings is 1. The molecular weight excluding hydrogens is 233 g/mol. The van der Waals surface area contributed by atoms with Gasteiger partial charge in [0.1, 0.15) is 0 Å². The van der Waals surface area contributed by atoms with E-state index >= 15 is 0 Å². The standard InChI is InChI=1S/C11H13F3N2O/c1-7-4-15-10(6-17-7)9-3-2-8(5-16-9)11(12,13)14/h2-3,5,7,10,15H,4,6H2,1H3/t7-,10-/m1/s1. The Morgan fingerprint density at radius 2 is 2.18 bits per heavy atom. The average Bonchev–Trinajstić information content (AvgIpc) is 2.29. The van der Waals surface area contributed by atoms with E-state index in [1.165, 1.54) is 6.07 Å². The highest BCUT2D eigenvalue weighted by Crippen LogP contribution is 2.29. The third kappa shape index (κ3) is 2.95. The molecule has 0 unspecified atom stereocenters. The van der Waals surface area contributed by atoms with Crippen LogP contribution in [0.5, 0.6) is 0 Å². The van der Waals surface area contributed by atoms with E-state index in [0.29, 0.717) is 18.8 Å². The van der Waals surface area contributed by atoms with Crippen LogP contribution in [0.4, 0.5) is 13.2 Å². The molecule has 2 rings (SSSR count). The maximum atomic E-state index is 12.3. The van der Waals surface area contributed by atoms with Crippen molar-refractivity contribution in [2.24, 2.45) is 0 Å². The van der Waals surface area contributed by atoms with Crippen LogP contribution in [0.15, 0.2) is 18.3 Å². The summed E-state index contributed by atoms with van der Waals surface area (Å²) in [6.07, 6.45) is -3.35. The summed E-state index contributed by atoms with van der Waals surface area (Å²) < 4.78 is 42.4. The monoisotopic (exact) mass is 246 g/mol. The van der Waals surface area contributed by atoms with E-state index in [1.54, 1.807) is 0 Å². The van der Waals surface area contributed by atoms with Crippen molar-refractivity contribution >= 4 is 0 Å². The molecule has 2 atom stereocenters. The van der Waals surface area contributed by atoms with Gasteiger partial charge in [0.15, 0.2) is 0 Å². The first-order valence-electron chi connectivity index (χ1n) is 5.35. The lowest BCUT2D eigenvalue weighted by Gasteiger charge is -2.28. The Hall–Kier alpha value is -1.14. The van der Waals surface area contributed by atoms with Crippen LogP contribution >= 0.6 is 0 Å². The van der Waals surface area contributed by atoms with Crippen molar-refractivity contribution in [2.75, 3.05) is 13.2 Å². The van der Waals surface area contributed by atoms with E-state index in [-0.39, 0.29) is 12.1 Å². The Kier molecular flexibility index (Phi) is 3.35. The number of nitrogens with zero attached hydrogens (tertiary/aromatic N) is 1. The highest BCUT2D eigenvalue weighted by molar-refractivity contribution is 5.19. The summed E-state index contributed by atoms with van der Waals surface area (Å²) in [5.41, 5.74) is -0.156. The summed E-state index contributed by atoms with van der Waals surface area (Å²) in [6.45, 7) is 3.04. The largest absolute Gasteiger partial charge is 0.417 e. The molecule has 3 nitrogen and oxygen atoms in total. The number of aromatic nitrogens is 1. The lowest BCUT2D eigenvalue weighted by atomic mass is 10.1. The first-order valence-corrected chi connectivity index (χ1v) is 5.35. The molecule has 0 aliphatic carbocycles. The first-order chi connectivity index (χ1) is 7.97. The summed E-state index contributed by atoms with van der Waals surface area (Å²) >= 11 is 0. The van der Waals surface area contributed by atoms with Gasteiger partial charge in [-0.05, 0) is 19.1 Å². The van der Waals surface area contributed by atoms with Crippen LogP contribution in [-0.4, -0.2) is 24.2 Å². The van der Waals surface area contributed by atoms with Crippen molar-refractivity contribution in [1.82, 2.24) is 10.3 Å². The Balaban J connectivity index is 2.08. The zero-order valence-electron chi connectivity index (χ0n) is 9.29. The number of hydrogen-bond acceptors (Lipinski definition) is 3. The minimum Gasteiger partial charge on any atom is -0.375 e. The van der Waals surface area contributed by atoms with Crippen molar-refractivity contribution in [3.8, 4) is 0 Å². The molecule has 1 N–H and O–H groups in total. The number of hydrogen-bond donors (Lipinski definition) is 1. The molecule has 0 saturated carbocycles. The predicted molar refractivity (Wildman–Crippen MR) is 55.4 cm³/mol. The molecule has 1 aromatic rings. The first kappa shape index (κ1) is 12.3. The Morgan fingerprint density at radius 1 is 1.41 bits per heavy atom. The van der Waals surface area contributed by atoms with Gasteiger partial charge in [0.25, 0.3) is 0 Å². The quantitative estimate of drug-likeness (QED) is 0.824. The molecule has 1 aliphatic heterocycles. The molecule has 17 heavy (non-hydrogen) atoms. The molecule has 1 fully saturated rings. The van der Waals surface area contributed by atoms with Gasteiger partial charge < -0.3 is 10.1 Å². The SMILES string of the molecule is C[C@@H]1CN[C@@H](c2ccc(C(F)(F)F)cn2)CO1. The lowest BCUT2D eigenvalue weighted by molar-refractivity contribution is -0.137. The summed E-state index contributed by atoms with van der Waals surface area (Å²) in [4.78, 5) is 3.83. The number of halogens is 3. The fourth-order valence-corrected chi connectivity index (χ4v) is 1.66. The molecular formula is C11H13F3N2O. The van der Waals surface area contributed by atoms with Gasteiger partial charge in [-0.25, -0.2) is 0 Å². The fraction of sp³-hybridized carbons (Fsp3) is 0.545. The second kappa shape index (κ2) is 4.62. The van der Waals surface area contributed by atoms with Crippen LogP contribution < -0.4 is 5.32 Å². The maximum Gasteiger partial charge on any atom is 0.417 e. The van der Waals surface area contributed by atoms with Crippen molar-refractivity contribution in [3.05, 3.63) is 29.6 Å². The van der Waals surface area contributed by atoms with Crippen LogP contribution in [0, 0.1) is 0 Å². The van der Waals surface area contributed by atoms with Crippen molar-refractivity contribution in [2.45, 2.75) is 25.2 Å². The van der Waals surface area contributed by atoms with Gasteiger partial charge in [-0.2, -0.15) is 13.2 Å². The smallest absolute Gasteiger partial charge is 0.375 e.